The molecule has 0 radical (unpaired) electrons. The topological polar surface area (TPSA) is 75.1 Å². The van der Waals surface area contributed by atoms with Gasteiger partial charge in [0.2, 0.25) is 0 Å². The SMILES string of the molecule is O=C(O)CCCCCOc1ccccc1CN(CCCN1CCOCC1)c1ccc(-c2cccnc2)cc1. The third-order valence-corrected chi connectivity index (χ3v) is 6.86. The number of morpholine rings is 1. The molecule has 0 unspecified atom stereocenters. The van der Waals surface area contributed by atoms with E-state index in [4.69, 9.17) is 14.6 Å². The molecule has 0 aliphatic carbocycles. The van der Waals surface area contributed by atoms with Crippen LogP contribution in [0.15, 0.2) is 73.1 Å². The molecule has 7 nitrogen and oxygen atoms in total. The maximum Gasteiger partial charge on any atom is 0.303 e. The van der Waals surface area contributed by atoms with Crippen LogP contribution >= 0.6 is 0 Å². The third kappa shape index (κ3) is 8.85. The lowest BCUT2D eigenvalue weighted by Gasteiger charge is -2.30. The Bertz CT molecular complexity index is 1100. The molecule has 7 heteroatoms. The van der Waals surface area contributed by atoms with Crippen molar-refractivity contribution >= 4 is 11.7 Å². The number of aromatic nitrogens is 1. The van der Waals surface area contributed by atoms with Gasteiger partial charge < -0.3 is 19.5 Å². The molecular formula is C31H39N3O4. The fourth-order valence-electron chi connectivity index (χ4n) is 4.73. The van der Waals surface area contributed by atoms with Crippen LogP contribution in [0, 0.1) is 0 Å². The van der Waals surface area contributed by atoms with E-state index < -0.39 is 5.97 Å². The van der Waals surface area contributed by atoms with E-state index in [9.17, 15) is 4.79 Å². The number of rotatable bonds is 15. The van der Waals surface area contributed by atoms with Crippen LogP contribution in [0.25, 0.3) is 11.1 Å². The van der Waals surface area contributed by atoms with Crippen molar-refractivity contribution in [1.82, 2.24) is 9.88 Å². The number of para-hydroxylation sites is 1. The van der Waals surface area contributed by atoms with Gasteiger partial charge in [-0.2, -0.15) is 0 Å². The molecule has 3 aromatic rings. The van der Waals surface area contributed by atoms with Gasteiger partial charge in [-0.15, -0.1) is 0 Å². The van der Waals surface area contributed by atoms with Gasteiger partial charge >= 0.3 is 5.97 Å². The van der Waals surface area contributed by atoms with Crippen LogP contribution in [-0.2, 0) is 16.1 Å². The number of ether oxygens (including phenoxy) is 2. The molecule has 2 heterocycles. The molecule has 1 aromatic heterocycles. The molecule has 0 atom stereocenters. The average Bonchev–Trinajstić information content (AvgIpc) is 2.96. The monoisotopic (exact) mass is 517 g/mol. The predicted octanol–water partition coefficient (Wildman–Crippen LogP) is 5.50. The number of carbonyl (C=O) groups is 1. The number of nitrogens with zero attached hydrogens (tertiary/aromatic N) is 3. The Morgan fingerprint density at radius 1 is 0.947 bits per heavy atom. The van der Waals surface area contributed by atoms with Gasteiger partial charge in [0, 0.05) is 62.8 Å². The van der Waals surface area contributed by atoms with Crippen LogP contribution in [0.5, 0.6) is 5.75 Å². The first-order valence-corrected chi connectivity index (χ1v) is 13.7. The van der Waals surface area contributed by atoms with Crippen LogP contribution in [0.3, 0.4) is 0 Å². The van der Waals surface area contributed by atoms with Crippen LogP contribution in [-0.4, -0.2) is 67.0 Å². The summed E-state index contributed by atoms with van der Waals surface area (Å²) in [5.41, 5.74) is 4.60. The van der Waals surface area contributed by atoms with Gasteiger partial charge in [0.05, 0.1) is 19.8 Å². The first-order chi connectivity index (χ1) is 18.7. The van der Waals surface area contributed by atoms with E-state index in [1.165, 1.54) is 5.69 Å². The van der Waals surface area contributed by atoms with Gasteiger partial charge in [0.1, 0.15) is 5.75 Å². The van der Waals surface area contributed by atoms with Crippen LogP contribution in [0.1, 0.15) is 37.7 Å². The summed E-state index contributed by atoms with van der Waals surface area (Å²) in [5, 5.41) is 8.82. The Balaban J connectivity index is 1.42. The van der Waals surface area contributed by atoms with Crippen molar-refractivity contribution in [3.63, 3.8) is 0 Å². The number of benzene rings is 2. The molecular weight excluding hydrogens is 478 g/mol. The summed E-state index contributed by atoms with van der Waals surface area (Å²) < 4.78 is 11.7. The number of hydrogen-bond acceptors (Lipinski definition) is 6. The first-order valence-electron chi connectivity index (χ1n) is 13.7. The van der Waals surface area contributed by atoms with Crippen LogP contribution in [0.2, 0.25) is 0 Å². The Morgan fingerprint density at radius 2 is 1.76 bits per heavy atom. The molecule has 0 saturated carbocycles. The van der Waals surface area contributed by atoms with Crippen LogP contribution < -0.4 is 9.64 Å². The maximum absolute atomic E-state index is 10.7. The zero-order chi connectivity index (χ0) is 26.4. The van der Waals surface area contributed by atoms with Crippen molar-refractivity contribution in [2.24, 2.45) is 0 Å². The lowest BCUT2D eigenvalue weighted by atomic mass is 10.1. The van der Waals surface area contributed by atoms with Gasteiger partial charge in [0.25, 0.3) is 0 Å². The summed E-state index contributed by atoms with van der Waals surface area (Å²) in [4.78, 5) is 19.9. The van der Waals surface area contributed by atoms with E-state index in [0.29, 0.717) is 13.0 Å². The Labute approximate surface area is 226 Å². The van der Waals surface area contributed by atoms with Crippen molar-refractivity contribution < 1.29 is 19.4 Å². The summed E-state index contributed by atoms with van der Waals surface area (Å²) in [6.07, 6.45) is 7.36. The molecule has 1 aliphatic heterocycles. The van der Waals surface area contributed by atoms with Gasteiger partial charge in [-0.3, -0.25) is 14.7 Å². The molecule has 1 fully saturated rings. The fraction of sp³-hybridized carbons (Fsp3) is 0.419. The number of unbranched alkanes of at least 4 members (excludes halogenated alkanes) is 2. The fourth-order valence-corrected chi connectivity index (χ4v) is 4.73. The van der Waals surface area contributed by atoms with E-state index in [0.717, 1.165) is 87.6 Å². The minimum absolute atomic E-state index is 0.218. The zero-order valence-electron chi connectivity index (χ0n) is 22.1. The second kappa shape index (κ2) is 15.1. The van der Waals surface area contributed by atoms with E-state index in [1.54, 1.807) is 6.20 Å². The Kier molecular flexibility index (Phi) is 11.0. The van der Waals surface area contributed by atoms with E-state index >= 15 is 0 Å². The molecule has 1 saturated heterocycles. The largest absolute Gasteiger partial charge is 0.493 e. The molecule has 0 bridgehead atoms. The maximum atomic E-state index is 10.7. The van der Waals surface area contributed by atoms with Crippen LogP contribution in [0.4, 0.5) is 5.69 Å². The van der Waals surface area contributed by atoms with Crippen molar-refractivity contribution in [3.05, 3.63) is 78.6 Å². The number of hydrogen-bond donors (Lipinski definition) is 1. The van der Waals surface area contributed by atoms with Gasteiger partial charge in [-0.1, -0.05) is 36.4 Å². The minimum atomic E-state index is -0.738. The molecule has 2 aromatic carbocycles. The quantitative estimate of drug-likeness (QED) is 0.267. The van der Waals surface area contributed by atoms with Crippen molar-refractivity contribution in [3.8, 4) is 16.9 Å². The van der Waals surface area contributed by atoms with Crippen molar-refractivity contribution in [2.45, 2.75) is 38.6 Å². The van der Waals surface area contributed by atoms with E-state index in [-0.39, 0.29) is 6.42 Å². The number of pyridine rings is 1. The van der Waals surface area contributed by atoms with Gasteiger partial charge in [-0.05, 0) is 61.1 Å². The van der Waals surface area contributed by atoms with Gasteiger partial charge in [0.15, 0.2) is 0 Å². The highest BCUT2D eigenvalue weighted by molar-refractivity contribution is 5.66. The number of carboxylic acids is 1. The smallest absolute Gasteiger partial charge is 0.303 e. The second-order valence-corrected chi connectivity index (χ2v) is 9.68. The summed E-state index contributed by atoms with van der Waals surface area (Å²) in [5.74, 6) is 0.161. The zero-order valence-corrected chi connectivity index (χ0v) is 22.1. The number of aliphatic carboxylic acids is 1. The minimum Gasteiger partial charge on any atom is -0.493 e. The lowest BCUT2D eigenvalue weighted by Crippen LogP contribution is -2.38. The van der Waals surface area contributed by atoms with E-state index in [2.05, 4.69) is 57.2 Å². The average molecular weight is 518 g/mol. The molecule has 4 rings (SSSR count). The highest BCUT2D eigenvalue weighted by atomic mass is 16.5. The molecule has 0 amide bonds. The Morgan fingerprint density at radius 3 is 2.53 bits per heavy atom. The molecule has 1 N–H and O–H groups in total. The van der Waals surface area contributed by atoms with Crippen molar-refractivity contribution in [2.75, 3.05) is 50.9 Å². The molecule has 202 valence electrons. The predicted molar refractivity (Wildman–Crippen MR) is 151 cm³/mol. The first kappa shape index (κ1) is 27.6. The normalized spacial score (nSPS) is 13.8. The highest BCUT2D eigenvalue weighted by Gasteiger charge is 2.14. The number of carboxylic acid groups (broad SMARTS) is 1. The van der Waals surface area contributed by atoms with Gasteiger partial charge in [-0.25, -0.2) is 0 Å². The van der Waals surface area contributed by atoms with E-state index in [1.807, 2.05) is 24.4 Å². The summed E-state index contributed by atoms with van der Waals surface area (Å²) in [6, 6.07) is 21.0. The highest BCUT2D eigenvalue weighted by Crippen LogP contribution is 2.27. The van der Waals surface area contributed by atoms with Crippen molar-refractivity contribution in [1.29, 1.82) is 0 Å². The standard InChI is InChI=1S/C31H39N3O4/c35-31(36)11-2-1-5-21-38-30-10-4-3-8-28(30)25-34(18-7-17-33-19-22-37-23-20-33)29-14-12-26(13-15-29)27-9-6-16-32-24-27/h3-4,6,8-10,12-16,24H,1-2,5,7,11,17-23,25H2,(H,35,36). The summed E-state index contributed by atoms with van der Waals surface area (Å²) in [6.45, 7) is 6.99. The molecule has 1 aliphatic rings. The molecule has 0 spiro atoms. The molecule has 38 heavy (non-hydrogen) atoms. The summed E-state index contributed by atoms with van der Waals surface area (Å²) in [7, 11) is 0. The second-order valence-electron chi connectivity index (χ2n) is 9.68. The lowest BCUT2D eigenvalue weighted by molar-refractivity contribution is -0.137. The summed E-state index contributed by atoms with van der Waals surface area (Å²) >= 11 is 0. The number of anilines is 1. The Hall–Kier alpha value is -3.42. The third-order valence-electron chi connectivity index (χ3n) is 6.86.